The number of hydrogen-bond acceptors (Lipinski definition) is 2. The highest BCUT2D eigenvalue weighted by Crippen LogP contribution is 2.06. The highest BCUT2D eigenvalue weighted by atomic mass is 16.1. The summed E-state index contributed by atoms with van der Waals surface area (Å²) in [6.07, 6.45) is 5.95. The lowest BCUT2D eigenvalue weighted by Crippen LogP contribution is -2.22. The van der Waals surface area contributed by atoms with Gasteiger partial charge >= 0.3 is 0 Å². The zero-order valence-corrected chi connectivity index (χ0v) is 6.10. The van der Waals surface area contributed by atoms with Crippen molar-refractivity contribution in [3.8, 4) is 0 Å². The molecule has 0 saturated heterocycles. The van der Waals surface area contributed by atoms with E-state index < -0.39 is 0 Å². The van der Waals surface area contributed by atoms with Crippen LogP contribution < -0.4 is 5.32 Å². The fraction of sp³-hybridized carbons (Fsp3) is 0.625. The zero-order valence-electron chi connectivity index (χ0n) is 6.10. The van der Waals surface area contributed by atoms with Crippen molar-refractivity contribution < 1.29 is 4.79 Å². The van der Waals surface area contributed by atoms with Gasteiger partial charge in [0, 0.05) is 13.0 Å². The van der Waals surface area contributed by atoms with E-state index in [1.165, 1.54) is 5.57 Å². The van der Waals surface area contributed by atoms with Gasteiger partial charge in [0.1, 0.15) is 6.29 Å². The van der Waals surface area contributed by atoms with Gasteiger partial charge in [-0.2, -0.15) is 0 Å². The van der Waals surface area contributed by atoms with Crippen LogP contribution in [0.25, 0.3) is 0 Å². The average molecular weight is 139 g/mol. The van der Waals surface area contributed by atoms with Crippen LogP contribution in [-0.4, -0.2) is 19.4 Å². The molecule has 56 valence electrons. The first-order chi connectivity index (χ1) is 4.93. The summed E-state index contributed by atoms with van der Waals surface area (Å²) in [4.78, 5) is 10.00. The monoisotopic (exact) mass is 139 g/mol. The van der Waals surface area contributed by atoms with E-state index in [-0.39, 0.29) is 0 Å². The van der Waals surface area contributed by atoms with E-state index in [9.17, 15) is 4.79 Å². The van der Waals surface area contributed by atoms with Crippen LogP contribution in [0.1, 0.15) is 19.3 Å². The van der Waals surface area contributed by atoms with Crippen molar-refractivity contribution in [3.63, 3.8) is 0 Å². The molecule has 0 aromatic rings. The largest absolute Gasteiger partial charge is 0.313 e. The third-order valence-electron chi connectivity index (χ3n) is 1.69. The Morgan fingerprint density at radius 1 is 1.70 bits per heavy atom. The molecular weight excluding hydrogens is 126 g/mol. The Labute approximate surface area is 61.3 Å². The first-order valence-corrected chi connectivity index (χ1v) is 3.76. The molecule has 0 saturated carbocycles. The summed E-state index contributed by atoms with van der Waals surface area (Å²) in [5.74, 6) is 0. The normalized spacial score (nSPS) is 18.2. The van der Waals surface area contributed by atoms with Crippen molar-refractivity contribution >= 4 is 6.29 Å². The van der Waals surface area contributed by atoms with Crippen LogP contribution in [0.5, 0.6) is 0 Å². The lowest BCUT2D eigenvalue weighted by molar-refractivity contribution is -0.107. The van der Waals surface area contributed by atoms with Gasteiger partial charge in [-0.15, -0.1) is 0 Å². The second-order valence-electron chi connectivity index (χ2n) is 2.53. The SMILES string of the molecule is O=CCCC1=CCCNC1. The first-order valence-electron chi connectivity index (χ1n) is 3.76. The van der Waals surface area contributed by atoms with Crippen molar-refractivity contribution in [1.82, 2.24) is 5.32 Å². The lowest BCUT2D eigenvalue weighted by atomic mass is 10.1. The molecule has 0 amide bonds. The van der Waals surface area contributed by atoms with Crippen LogP contribution in [0.4, 0.5) is 0 Å². The van der Waals surface area contributed by atoms with Gasteiger partial charge in [0.25, 0.3) is 0 Å². The Bertz CT molecular complexity index is 140. The molecule has 0 spiro atoms. The molecule has 1 aliphatic rings. The second-order valence-corrected chi connectivity index (χ2v) is 2.53. The Morgan fingerprint density at radius 2 is 2.60 bits per heavy atom. The summed E-state index contributed by atoms with van der Waals surface area (Å²) in [6.45, 7) is 2.07. The molecule has 1 N–H and O–H groups in total. The predicted molar refractivity (Wildman–Crippen MR) is 40.9 cm³/mol. The average Bonchev–Trinajstić information content (AvgIpc) is 2.03. The molecule has 1 aliphatic heterocycles. The van der Waals surface area contributed by atoms with Gasteiger partial charge in [-0.1, -0.05) is 11.6 Å². The highest BCUT2D eigenvalue weighted by Gasteiger charge is 2.00. The summed E-state index contributed by atoms with van der Waals surface area (Å²) in [6, 6.07) is 0. The standard InChI is InChI=1S/C8H13NO/c10-6-2-4-8-3-1-5-9-7-8/h3,6,9H,1-2,4-5,7H2. The molecule has 0 aliphatic carbocycles. The van der Waals surface area contributed by atoms with Crippen LogP contribution in [0.15, 0.2) is 11.6 Å². The van der Waals surface area contributed by atoms with Crippen molar-refractivity contribution in [2.75, 3.05) is 13.1 Å². The first kappa shape index (κ1) is 7.48. The number of nitrogens with one attached hydrogen (secondary N) is 1. The van der Waals surface area contributed by atoms with Crippen LogP contribution in [0.2, 0.25) is 0 Å². The number of carbonyl (C=O) groups is 1. The van der Waals surface area contributed by atoms with E-state index in [0.29, 0.717) is 6.42 Å². The fourth-order valence-corrected chi connectivity index (χ4v) is 1.13. The van der Waals surface area contributed by atoms with E-state index in [1.54, 1.807) is 0 Å². The minimum Gasteiger partial charge on any atom is -0.313 e. The second kappa shape index (κ2) is 4.23. The molecule has 2 heteroatoms. The Balaban J connectivity index is 2.24. The maximum atomic E-state index is 10.00. The summed E-state index contributed by atoms with van der Waals surface area (Å²) in [5.41, 5.74) is 1.39. The van der Waals surface area contributed by atoms with Gasteiger partial charge in [0.2, 0.25) is 0 Å². The van der Waals surface area contributed by atoms with Gasteiger partial charge in [-0.3, -0.25) is 0 Å². The number of hydrogen-bond donors (Lipinski definition) is 1. The third kappa shape index (κ3) is 2.31. The highest BCUT2D eigenvalue weighted by molar-refractivity contribution is 5.49. The van der Waals surface area contributed by atoms with Gasteiger partial charge < -0.3 is 10.1 Å². The van der Waals surface area contributed by atoms with E-state index >= 15 is 0 Å². The zero-order chi connectivity index (χ0) is 7.23. The predicted octanol–water partition coefficient (Wildman–Crippen LogP) is 0.885. The van der Waals surface area contributed by atoms with Crippen LogP contribution in [-0.2, 0) is 4.79 Å². The van der Waals surface area contributed by atoms with Gasteiger partial charge in [-0.05, 0) is 19.4 Å². The molecule has 0 atom stereocenters. The molecule has 0 fully saturated rings. The summed E-state index contributed by atoms with van der Waals surface area (Å²) in [5, 5.41) is 3.26. The number of aldehydes is 1. The molecule has 0 aromatic heterocycles. The topological polar surface area (TPSA) is 29.1 Å². The molecule has 0 radical (unpaired) electrons. The molecule has 1 heterocycles. The van der Waals surface area contributed by atoms with Crippen molar-refractivity contribution in [2.24, 2.45) is 0 Å². The quantitative estimate of drug-likeness (QED) is 0.464. The third-order valence-corrected chi connectivity index (χ3v) is 1.69. The van der Waals surface area contributed by atoms with Crippen molar-refractivity contribution in [1.29, 1.82) is 0 Å². The Kier molecular flexibility index (Phi) is 3.16. The van der Waals surface area contributed by atoms with Crippen LogP contribution in [0, 0.1) is 0 Å². The van der Waals surface area contributed by atoms with Crippen LogP contribution in [0.3, 0.4) is 0 Å². The summed E-state index contributed by atoms with van der Waals surface area (Å²) >= 11 is 0. The maximum absolute atomic E-state index is 10.00. The lowest BCUT2D eigenvalue weighted by Gasteiger charge is -2.12. The molecular formula is C8H13NO. The molecule has 10 heavy (non-hydrogen) atoms. The van der Waals surface area contributed by atoms with Crippen molar-refractivity contribution in [2.45, 2.75) is 19.3 Å². The van der Waals surface area contributed by atoms with Gasteiger partial charge in [-0.25, -0.2) is 0 Å². The van der Waals surface area contributed by atoms with Crippen LogP contribution >= 0.6 is 0 Å². The smallest absolute Gasteiger partial charge is 0.120 e. The van der Waals surface area contributed by atoms with Crippen molar-refractivity contribution in [3.05, 3.63) is 11.6 Å². The number of rotatable bonds is 3. The molecule has 0 aromatic carbocycles. The van der Waals surface area contributed by atoms with E-state index in [0.717, 1.165) is 32.2 Å². The molecule has 1 rings (SSSR count). The molecule has 0 unspecified atom stereocenters. The molecule has 0 bridgehead atoms. The van der Waals surface area contributed by atoms with E-state index in [4.69, 9.17) is 0 Å². The summed E-state index contributed by atoms with van der Waals surface area (Å²) in [7, 11) is 0. The van der Waals surface area contributed by atoms with Gasteiger partial charge in [0.05, 0.1) is 0 Å². The van der Waals surface area contributed by atoms with E-state index in [1.807, 2.05) is 0 Å². The minimum atomic E-state index is 0.674. The summed E-state index contributed by atoms with van der Waals surface area (Å²) < 4.78 is 0. The van der Waals surface area contributed by atoms with E-state index in [2.05, 4.69) is 11.4 Å². The Morgan fingerprint density at radius 3 is 3.20 bits per heavy atom. The molecule has 2 nitrogen and oxygen atoms in total. The Hall–Kier alpha value is -0.630. The fourth-order valence-electron chi connectivity index (χ4n) is 1.13. The maximum Gasteiger partial charge on any atom is 0.120 e. The van der Waals surface area contributed by atoms with Gasteiger partial charge in [0.15, 0.2) is 0 Å². The minimum absolute atomic E-state index is 0.674. The number of carbonyl (C=O) groups excluding carboxylic acids is 1.